The molecule has 0 spiro atoms. The first-order chi connectivity index (χ1) is 26.2. The molecule has 0 fully saturated rings. The SMILES string of the molecule is CCN(CC)c1ccc(NC(=O)c2cccc(CCCOCCOCCOCCOCCC(=O)NC(CO)(CO)CO)c2)c(-c2cc(C(N)=O)ccn2)c1. The first kappa shape index (κ1) is 43.9. The molecule has 3 amide bonds. The van der Waals surface area contributed by atoms with E-state index in [0.717, 1.165) is 37.2 Å². The van der Waals surface area contributed by atoms with Crippen molar-refractivity contribution in [3.63, 3.8) is 0 Å². The minimum absolute atomic E-state index is 0.0132. The Morgan fingerprint density at radius 2 is 1.41 bits per heavy atom. The Bertz CT molecular complexity index is 1590. The van der Waals surface area contributed by atoms with E-state index in [4.69, 9.17) is 24.7 Å². The Kier molecular flexibility index (Phi) is 19.5. The number of amides is 3. The van der Waals surface area contributed by atoms with Gasteiger partial charge in [-0.05, 0) is 74.7 Å². The average Bonchev–Trinajstić information content (AvgIpc) is 3.19. The van der Waals surface area contributed by atoms with Gasteiger partial charge in [0.25, 0.3) is 5.91 Å². The van der Waals surface area contributed by atoms with Crippen LogP contribution in [0.1, 0.15) is 53.0 Å². The van der Waals surface area contributed by atoms with E-state index in [1.54, 1.807) is 18.2 Å². The van der Waals surface area contributed by atoms with Gasteiger partial charge in [0.2, 0.25) is 11.8 Å². The van der Waals surface area contributed by atoms with Crippen molar-refractivity contribution in [1.82, 2.24) is 10.3 Å². The lowest BCUT2D eigenvalue weighted by atomic mass is 10.0. The predicted molar refractivity (Wildman–Crippen MR) is 204 cm³/mol. The van der Waals surface area contributed by atoms with E-state index in [-0.39, 0.29) is 25.5 Å². The smallest absolute Gasteiger partial charge is 0.255 e. The number of aliphatic hydroxyl groups excluding tert-OH is 3. The number of carbonyl (C=O) groups excluding carboxylic acids is 3. The molecular formula is C39H55N5O10. The van der Waals surface area contributed by atoms with E-state index in [1.165, 1.54) is 6.20 Å². The topological polar surface area (TPSA) is 215 Å². The Morgan fingerprint density at radius 3 is 2.02 bits per heavy atom. The normalized spacial score (nSPS) is 11.4. The Balaban J connectivity index is 1.34. The molecule has 15 nitrogen and oxygen atoms in total. The summed E-state index contributed by atoms with van der Waals surface area (Å²) in [7, 11) is 0. The molecule has 3 aromatic rings. The third-order valence-corrected chi connectivity index (χ3v) is 8.55. The Hall–Kier alpha value is -4.48. The molecule has 1 heterocycles. The summed E-state index contributed by atoms with van der Waals surface area (Å²) in [6.07, 6.45) is 3.04. The fraction of sp³-hybridized carbons (Fsp3) is 0.487. The molecule has 0 aliphatic carbocycles. The van der Waals surface area contributed by atoms with Crippen LogP contribution in [-0.4, -0.2) is 129 Å². The number of carbonyl (C=O) groups is 3. The van der Waals surface area contributed by atoms with Crippen LogP contribution in [0.4, 0.5) is 11.4 Å². The van der Waals surface area contributed by atoms with Crippen molar-refractivity contribution in [2.45, 2.75) is 38.6 Å². The number of nitrogens with zero attached hydrogens (tertiary/aromatic N) is 2. The summed E-state index contributed by atoms with van der Waals surface area (Å²) in [6.45, 7) is 6.91. The maximum Gasteiger partial charge on any atom is 0.255 e. The number of pyridine rings is 1. The fourth-order valence-corrected chi connectivity index (χ4v) is 5.36. The summed E-state index contributed by atoms with van der Waals surface area (Å²) in [5.74, 6) is -1.27. The maximum absolute atomic E-state index is 13.4. The van der Waals surface area contributed by atoms with Gasteiger partial charge in [0.1, 0.15) is 5.54 Å². The lowest BCUT2D eigenvalue weighted by molar-refractivity contribution is -0.126. The van der Waals surface area contributed by atoms with Gasteiger partial charge in [-0.1, -0.05) is 12.1 Å². The number of anilines is 2. The Labute approximate surface area is 316 Å². The lowest BCUT2D eigenvalue weighted by Crippen LogP contribution is -2.57. The van der Waals surface area contributed by atoms with Gasteiger partial charge in [-0.15, -0.1) is 0 Å². The summed E-state index contributed by atoms with van der Waals surface area (Å²) in [5.41, 5.74) is 8.68. The molecule has 54 heavy (non-hydrogen) atoms. The van der Waals surface area contributed by atoms with E-state index < -0.39 is 37.2 Å². The number of hydrogen-bond donors (Lipinski definition) is 6. The van der Waals surface area contributed by atoms with Gasteiger partial charge in [-0.25, -0.2) is 0 Å². The minimum atomic E-state index is -1.45. The average molecular weight is 754 g/mol. The van der Waals surface area contributed by atoms with Crippen LogP contribution in [0.3, 0.4) is 0 Å². The third-order valence-electron chi connectivity index (χ3n) is 8.55. The highest BCUT2D eigenvalue weighted by molar-refractivity contribution is 6.06. The summed E-state index contributed by atoms with van der Waals surface area (Å²) in [5, 5.41) is 33.2. The first-order valence-corrected chi connectivity index (χ1v) is 18.2. The molecule has 0 bridgehead atoms. The zero-order valence-electron chi connectivity index (χ0n) is 31.3. The number of aryl methyl sites for hydroxylation is 1. The monoisotopic (exact) mass is 753 g/mol. The van der Waals surface area contributed by atoms with Gasteiger partial charge in [0, 0.05) is 54.7 Å². The molecule has 0 aliphatic heterocycles. The van der Waals surface area contributed by atoms with Crippen LogP contribution in [-0.2, 0) is 30.2 Å². The number of nitrogens with one attached hydrogen (secondary N) is 2. The molecule has 7 N–H and O–H groups in total. The molecule has 1 aromatic heterocycles. The van der Waals surface area contributed by atoms with Crippen molar-refractivity contribution in [3.8, 4) is 11.3 Å². The van der Waals surface area contributed by atoms with Crippen molar-refractivity contribution in [2.24, 2.45) is 5.73 Å². The van der Waals surface area contributed by atoms with E-state index in [1.807, 2.05) is 36.4 Å². The van der Waals surface area contributed by atoms with Crippen LogP contribution in [0.15, 0.2) is 60.8 Å². The van der Waals surface area contributed by atoms with Crippen LogP contribution in [0.5, 0.6) is 0 Å². The van der Waals surface area contributed by atoms with Gasteiger partial charge in [0.05, 0.1) is 77.5 Å². The third kappa shape index (κ3) is 14.4. The number of aromatic nitrogens is 1. The number of ether oxygens (including phenoxy) is 4. The summed E-state index contributed by atoms with van der Waals surface area (Å²) in [4.78, 5) is 43.9. The highest BCUT2D eigenvalue weighted by atomic mass is 16.6. The number of rotatable bonds is 27. The van der Waals surface area contributed by atoms with Crippen molar-refractivity contribution >= 4 is 29.1 Å². The van der Waals surface area contributed by atoms with Gasteiger partial charge in [-0.3, -0.25) is 19.4 Å². The minimum Gasteiger partial charge on any atom is -0.394 e. The largest absolute Gasteiger partial charge is 0.394 e. The van der Waals surface area contributed by atoms with E-state index in [9.17, 15) is 29.7 Å². The standard InChI is InChI=1S/C39H55N5O10/c1-3-44(4-2)32-10-11-34(33(25-32)35-24-30(37(40)49)12-14-41-35)42-38(50)31-9-5-7-29(23-31)8-6-15-51-17-19-53-21-22-54-20-18-52-16-13-36(48)43-39(26-45,27-46)28-47/h5,7,9-12,14,23-25,45-47H,3-4,6,8,13,15-22,26-28H2,1-2H3,(H2,40,49)(H,42,50)(H,43,48). The molecule has 0 saturated heterocycles. The van der Waals surface area contributed by atoms with Crippen molar-refractivity contribution in [1.29, 1.82) is 0 Å². The molecule has 2 aromatic carbocycles. The molecule has 0 atom stereocenters. The lowest BCUT2D eigenvalue weighted by Gasteiger charge is -2.28. The van der Waals surface area contributed by atoms with Crippen molar-refractivity contribution < 1.29 is 48.7 Å². The van der Waals surface area contributed by atoms with Gasteiger partial charge in [0.15, 0.2) is 0 Å². The van der Waals surface area contributed by atoms with Gasteiger partial charge < -0.3 is 55.5 Å². The second kappa shape index (κ2) is 24.0. The maximum atomic E-state index is 13.4. The van der Waals surface area contributed by atoms with E-state index in [0.29, 0.717) is 67.7 Å². The number of aliphatic hydroxyl groups is 3. The van der Waals surface area contributed by atoms with E-state index in [2.05, 4.69) is 34.4 Å². The summed E-state index contributed by atoms with van der Waals surface area (Å²) in [6, 6.07) is 16.4. The van der Waals surface area contributed by atoms with Crippen LogP contribution in [0.25, 0.3) is 11.3 Å². The molecule has 0 saturated carbocycles. The molecule has 296 valence electrons. The predicted octanol–water partition coefficient (Wildman–Crippen LogP) is 2.17. The van der Waals surface area contributed by atoms with Crippen molar-refractivity contribution in [2.75, 3.05) is 96.0 Å². The molecular weight excluding hydrogens is 698 g/mol. The highest BCUT2D eigenvalue weighted by Gasteiger charge is 2.29. The van der Waals surface area contributed by atoms with Crippen LogP contribution in [0.2, 0.25) is 0 Å². The van der Waals surface area contributed by atoms with Crippen LogP contribution in [0, 0.1) is 0 Å². The molecule has 15 heteroatoms. The van der Waals surface area contributed by atoms with Gasteiger partial charge >= 0.3 is 0 Å². The first-order valence-electron chi connectivity index (χ1n) is 18.2. The number of benzene rings is 2. The van der Waals surface area contributed by atoms with E-state index >= 15 is 0 Å². The summed E-state index contributed by atoms with van der Waals surface area (Å²) >= 11 is 0. The van der Waals surface area contributed by atoms with Gasteiger partial charge in [-0.2, -0.15) is 0 Å². The van der Waals surface area contributed by atoms with Crippen molar-refractivity contribution in [3.05, 3.63) is 77.5 Å². The number of primary amides is 1. The summed E-state index contributed by atoms with van der Waals surface area (Å²) < 4.78 is 22.0. The molecule has 0 radical (unpaired) electrons. The molecule has 0 aliphatic rings. The molecule has 3 rings (SSSR count). The van der Waals surface area contributed by atoms with Crippen LogP contribution < -0.4 is 21.3 Å². The number of hydrogen-bond acceptors (Lipinski definition) is 12. The second-order valence-electron chi connectivity index (χ2n) is 12.5. The zero-order chi connectivity index (χ0) is 39.2. The quantitative estimate of drug-likeness (QED) is 0.0618. The molecule has 0 unspecified atom stereocenters. The Morgan fingerprint density at radius 1 is 0.778 bits per heavy atom. The number of nitrogens with two attached hydrogens (primary N) is 1. The zero-order valence-corrected chi connectivity index (χ0v) is 31.3. The highest BCUT2D eigenvalue weighted by Crippen LogP contribution is 2.32. The second-order valence-corrected chi connectivity index (χ2v) is 12.5. The fourth-order valence-electron chi connectivity index (χ4n) is 5.36. The van der Waals surface area contributed by atoms with Crippen LogP contribution >= 0.6 is 0 Å².